The Morgan fingerprint density at radius 2 is 2.54 bits per heavy atom. The molecule has 2 N–H and O–H groups in total. The van der Waals surface area contributed by atoms with Gasteiger partial charge in [-0.05, 0) is 18.6 Å². The van der Waals surface area contributed by atoms with Gasteiger partial charge < -0.3 is 15.6 Å². The first-order valence-corrected chi connectivity index (χ1v) is 4.42. The Hall–Kier alpha value is -1.13. The SMILES string of the molecule is CCCNC(=O)C1=CC=C[NH+]([O-])C1. The minimum atomic E-state index is -0.125. The van der Waals surface area contributed by atoms with Crippen LogP contribution in [0.5, 0.6) is 0 Å². The predicted octanol–water partition coefficient (Wildman–Crippen LogP) is -0.651. The van der Waals surface area contributed by atoms with E-state index in [0.29, 0.717) is 12.1 Å². The largest absolute Gasteiger partial charge is 0.629 e. The molecule has 1 amide bonds. The Labute approximate surface area is 77.5 Å². The van der Waals surface area contributed by atoms with Gasteiger partial charge in [-0.25, -0.2) is 0 Å². The summed E-state index contributed by atoms with van der Waals surface area (Å²) in [5.41, 5.74) is 0.556. The van der Waals surface area contributed by atoms with Crippen molar-refractivity contribution in [3.05, 3.63) is 29.1 Å². The number of amides is 1. The molecule has 0 saturated carbocycles. The third-order valence-corrected chi connectivity index (χ3v) is 1.77. The van der Waals surface area contributed by atoms with E-state index in [2.05, 4.69) is 5.32 Å². The lowest BCUT2D eigenvalue weighted by Gasteiger charge is -2.20. The molecule has 0 saturated heterocycles. The van der Waals surface area contributed by atoms with E-state index in [9.17, 15) is 10.0 Å². The number of hydroxylamine groups is 2. The molecule has 0 aliphatic carbocycles. The maximum Gasteiger partial charge on any atom is 0.252 e. The van der Waals surface area contributed by atoms with Crippen molar-refractivity contribution in [2.24, 2.45) is 0 Å². The van der Waals surface area contributed by atoms with Gasteiger partial charge in [0.25, 0.3) is 5.91 Å². The van der Waals surface area contributed by atoms with E-state index in [1.165, 1.54) is 6.20 Å². The van der Waals surface area contributed by atoms with Crippen molar-refractivity contribution in [3.8, 4) is 0 Å². The number of nitrogens with one attached hydrogen (secondary N) is 2. The maximum absolute atomic E-state index is 11.3. The van der Waals surface area contributed by atoms with E-state index in [0.717, 1.165) is 6.42 Å². The Balaban J connectivity index is 2.47. The monoisotopic (exact) mass is 182 g/mol. The van der Waals surface area contributed by atoms with Gasteiger partial charge in [-0.2, -0.15) is 0 Å². The average Bonchev–Trinajstić information content (AvgIpc) is 2.14. The number of carbonyl (C=O) groups is 1. The molecule has 0 aromatic carbocycles. The molecule has 1 heterocycles. The fourth-order valence-electron chi connectivity index (χ4n) is 1.09. The van der Waals surface area contributed by atoms with Crippen molar-refractivity contribution in [2.45, 2.75) is 13.3 Å². The second-order valence-electron chi connectivity index (χ2n) is 2.95. The Bertz CT molecular complexity index is 246. The second-order valence-corrected chi connectivity index (χ2v) is 2.95. The molecule has 4 nitrogen and oxygen atoms in total. The third-order valence-electron chi connectivity index (χ3n) is 1.77. The van der Waals surface area contributed by atoms with Crippen LogP contribution in [0, 0.1) is 5.21 Å². The Morgan fingerprint density at radius 1 is 1.77 bits per heavy atom. The van der Waals surface area contributed by atoms with Crippen LogP contribution in [0.4, 0.5) is 0 Å². The zero-order chi connectivity index (χ0) is 9.68. The minimum Gasteiger partial charge on any atom is -0.629 e. The van der Waals surface area contributed by atoms with Crippen molar-refractivity contribution in [3.63, 3.8) is 0 Å². The summed E-state index contributed by atoms with van der Waals surface area (Å²) in [5, 5.41) is 13.7. The first kappa shape index (κ1) is 9.95. The van der Waals surface area contributed by atoms with Crippen LogP contribution < -0.4 is 10.4 Å². The molecular weight excluding hydrogens is 168 g/mol. The molecule has 0 aromatic heterocycles. The van der Waals surface area contributed by atoms with Crippen LogP contribution >= 0.6 is 0 Å². The van der Waals surface area contributed by atoms with E-state index in [4.69, 9.17) is 0 Å². The van der Waals surface area contributed by atoms with Gasteiger partial charge in [-0.1, -0.05) is 6.92 Å². The average molecular weight is 182 g/mol. The van der Waals surface area contributed by atoms with E-state index in [1.54, 1.807) is 12.2 Å². The molecule has 13 heavy (non-hydrogen) atoms. The van der Waals surface area contributed by atoms with Gasteiger partial charge in [0.2, 0.25) is 0 Å². The Morgan fingerprint density at radius 3 is 3.15 bits per heavy atom. The highest BCUT2D eigenvalue weighted by Crippen LogP contribution is 1.95. The molecule has 0 bridgehead atoms. The molecule has 1 atom stereocenters. The van der Waals surface area contributed by atoms with Crippen LogP contribution in [0.2, 0.25) is 0 Å². The minimum absolute atomic E-state index is 0.0100. The molecule has 0 radical (unpaired) electrons. The molecule has 0 fully saturated rings. The fraction of sp³-hybridized carbons (Fsp3) is 0.444. The van der Waals surface area contributed by atoms with Gasteiger partial charge in [0.05, 0.1) is 11.8 Å². The van der Waals surface area contributed by atoms with E-state index in [1.807, 2.05) is 6.92 Å². The van der Waals surface area contributed by atoms with Gasteiger partial charge in [0.1, 0.15) is 6.54 Å². The van der Waals surface area contributed by atoms with Crippen molar-refractivity contribution < 1.29 is 9.86 Å². The summed E-state index contributed by atoms with van der Waals surface area (Å²) in [6, 6.07) is 0. The smallest absolute Gasteiger partial charge is 0.252 e. The number of allylic oxidation sites excluding steroid dienone is 2. The lowest BCUT2D eigenvalue weighted by molar-refractivity contribution is -0.785. The molecule has 1 aliphatic rings. The topological polar surface area (TPSA) is 56.6 Å². The van der Waals surface area contributed by atoms with Crippen molar-refractivity contribution in [1.82, 2.24) is 5.32 Å². The van der Waals surface area contributed by atoms with Crippen LogP contribution in [-0.2, 0) is 4.79 Å². The molecule has 0 spiro atoms. The van der Waals surface area contributed by atoms with E-state index in [-0.39, 0.29) is 17.5 Å². The summed E-state index contributed by atoms with van der Waals surface area (Å²) in [7, 11) is 0. The lowest BCUT2D eigenvalue weighted by Crippen LogP contribution is -3.03. The zero-order valence-corrected chi connectivity index (χ0v) is 7.67. The quantitative estimate of drug-likeness (QED) is 0.570. The van der Waals surface area contributed by atoms with E-state index >= 15 is 0 Å². The van der Waals surface area contributed by atoms with Gasteiger partial charge in [-0.15, -0.1) is 0 Å². The summed E-state index contributed by atoms with van der Waals surface area (Å²) >= 11 is 0. The Kier molecular flexibility index (Phi) is 3.67. The summed E-state index contributed by atoms with van der Waals surface area (Å²) in [5.74, 6) is -0.125. The van der Waals surface area contributed by atoms with Crippen molar-refractivity contribution in [2.75, 3.05) is 13.1 Å². The molecular formula is C9H14N2O2. The summed E-state index contributed by atoms with van der Waals surface area (Å²) < 4.78 is 0. The number of quaternary nitrogens is 1. The van der Waals surface area contributed by atoms with Gasteiger partial charge in [0, 0.05) is 6.54 Å². The number of carbonyl (C=O) groups excluding carboxylic acids is 1. The number of hydrogen-bond acceptors (Lipinski definition) is 2. The summed E-state index contributed by atoms with van der Waals surface area (Å²) in [6.07, 6.45) is 5.69. The van der Waals surface area contributed by atoms with Gasteiger partial charge in [0.15, 0.2) is 0 Å². The van der Waals surface area contributed by atoms with Gasteiger partial charge in [-0.3, -0.25) is 4.79 Å². The van der Waals surface area contributed by atoms with Crippen LogP contribution in [0.25, 0.3) is 0 Å². The lowest BCUT2D eigenvalue weighted by atomic mass is 10.2. The second kappa shape index (κ2) is 4.79. The third kappa shape index (κ3) is 3.01. The van der Waals surface area contributed by atoms with Crippen LogP contribution in [0.3, 0.4) is 0 Å². The highest BCUT2D eigenvalue weighted by molar-refractivity contribution is 5.94. The highest BCUT2D eigenvalue weighted by Gasteiger charge is 2.12. The van der Waals surface area contributed by atoms with Gasteiger partial charge >= 0.3 is 0 Å². The summed E-state index contributed by atoms with van der Waals surface area (Å²) in [6.45, 7) is 2.88. The summed E-state index contributed by atoms with van der Waals surface area (Å²) in [4.78, 5) is 11.3. The van der Waals surface area contributed by atoms with Crippen LogP contribution in [0.1, 0.15) is 13.3 Å². The molecule has 1 aliphatic heterocycles. The van der Waals surface area contributed by atoms with E-state index < -0.39 is 0 Å². The number of rotatable bonds is 3. The molecule has 72 valence electrons. The molecule has 1 rings (SSSR count). The standard InChI is InChI=1S/C9H14N2O2/c1-2-5-10-9(12)8-4-3-6-11(13)7-8/h3-4,6,11H,2,5,7H2,1H3,(H,10,12). The zero-order valence-electron chi connectivity index (χ0n) is 7.67. The first-order valence-electron chi connectivity index (χ1n) is 4.42. The fourth-order valence-corrected chi connectivity index (χ4v) is 1.09. The highest BCUT2D eigenvalue weighted by atomic mass is 16.5. The normalized spacial score (nSPS) is 21.1. The van der Waals surface area contributed by atoms with Crippen molar-refractivity contribution >= 4 is 5.91 Å². The van der Waals surface area contributed by atoms with Crippen molar-refractivity contribution in [1.29, 1.82) is 0 Å². The first-order chi connectivity index (χ1) is 6.24. The maximum atomic E-state index is 11.3. The molecule has 4 heteroatoms. The van der Waals surface area contributed by atoms with Crippen LogP contribution in [-0.4, -0.2) is 19.0 Å². The van der Waals surface area contributed by atoms with Crippen LogP contribution in [0.15, 0.2) is 23.9 Å². The molecule has 0 aromatic rings. The predicted molar refractivity (Wildman–Crippen MR) is 49.7 cm³/mol. The number of hydrogen-bond donors (Lipinski definition) is 2. The molecule has 1 unspecified atom stereocenters.